The summed E-state index contributed by atoms with van der Waals surface area (Å²) in [4.78, 5) is 0.942. The van der Waals surface area contributed by atoms with Gasteiger partial charge in [0, 0.05) is 11.9 Å². The Morgan fingerprint density at radius 3 is 2.65 bits per heavy atom. The summed E-state index contributed by atoms with van der Waals surface area (Å²) in [6, 6.07) is -0.249. The summed E-state index contributed by atoms with van der Waals surface area (Å²) in [5.74, 6) is 5.61. The van der Waals surface area contributed by atoms with Crippen LogP contribution in [0.4, 0.5) is 0 Å². The van der Waals surface area contributed by atoms with Crippen molar-refractivity contribution in [3.05, 3.63) is 37.8 Å². The van der Waals surface area contributed by atoms with E-state index in [0.29, 0.717) is 5.02 Å². The van der Waals surface area contributed by atoms with E-state index in [9.17, 15) is 0 Å². The average Bonchev–Trinajstić information content (AvgIpc) is 2.79. The van der Waals surface area contributed by atoms with Gasteiger partial charge in [-0.25, -0.2) is 5.43 Å². The average molecular weight is 291 g/mol. The van der Waals surface area contributed by atoms with Crippen LogP contribution >= 0.6 is 34.5 Å². The van der Waals surface area contributed by atoms with Gasteiger partial charge in [-0.1, -0.05) is 23.2 Å². The number of nitrogens with two attached hydrogens (primary N) is 1. The minimum atomic E-state index is -0.249. The number of aromatic nitrogens is 2. The lowest BCUT2D eigenvalue weighted by Crippen LogP contribution is -2.30. The molecule has 0 aliphatic heterocycles. The van der Waals surface area contributed by atoms with Crippen LogP contribution in [0, 0.1) is 6.92 Å². The number of hydrogen-bond acceptors (Lipinski definition) is 4. The number of aryl methyl sites for hydroxylation is 2. The van der Waals surface area contributed by atoms with Crippen molar-refractivity contribution in [2.45, 2.75) is 13.0 Å². The van der Waals surface area contributed by atoms with Crippen LogP contribution < -0.4 is 11.3 Å². The molecule has 2 aromatic rings. The summed E-state index contributed by atoms with van der Waals surface area (Å²) in [5.41, 5.74) is 4.57. The van der Waals surface area contributed by atoms with Crippen LogP contribution in [-0.2, 0) is 7.05 Å². The Morgan fingerprint density at radius 1 is 1.53 bits per heavy atom. The van der Waals surface area contributed by atoms with Crippen LogP contribution in [0.2, 0.25) is 10.0 Å². The van der Waals surface area contributed by atoms with Gasteiger partial charge in [0.2, 0.25) is 0 Å². The monoisotopic (exact) mass is 290 g/mol. The first-order valence-corrected chi connectivity index (χ1v) is 6.56. The molecule has 2 aromatic heterocycles. The molecule has 1 atom stereocenters. The Morgan fingerprint density at radius 2 is 2.24 bits per heavy atom. The van der Waals surface area contributed by atoms with E-state index in [1.54, 1.807) is 22.2 Å². The maximum atomic E-state index is 6.25. The van der Waals surface area contributed by atoms with Gasteiger partial charge in [0.05, 0.1) is 28.0 Å². The molecule has 0 aromatic carbocycles. The number of hydrazine groups is 1. The summed E-state index contributed by atoms with van der Waals surface area (Å²) in [7, 11) is 1.82. The molecule has 2 heterocycles. The van der Waals surface area contributed by atoms with E-state index in [0.717, 1.165) is 21.2 Å². The second kappa shape index (κ2) is 4.96. The maximum Gasteiger partial charge on any atom is 0.1000 e. The quantitative estimate of drug-likeness (QED) is 0.675. The molecule has 0 aliphatic rings. The molecule has 2 rings (SSSR count). The van der Waals surface area contributed by atoms with Gasteiger partial charge in [0.1, 0.15) is 0 Å². The Bertz CT molecular complexity index is 515. The molecule has 17 heavy (non-hydrogen) atoms. The molecule has 7 heteroatoms. The molecule has 0 saturated carbocycles. The van der Waals surface area contributed by atoms with Gasteiger partial charge in [-0.15, -0.1) is 11.3 Å². The van der Waals surface area contributed by atoms with Crippen molar-refractivity contribution in [2.75, 3.05) is 0 Å². The highest BCUT2D eigenvalue weighted by molar-refractivity contribution is 7.10. The van der Waals surface area contributed by atoms with E-state index < -0.39 is 0 Å². The van der Waals surface area contributed by atoms with Crippen molar-refractivity contribution < 1.29 is 0 Å². The summed E-state index contributed by atoms with van der Waals surface area (Å²) < 4.78 is 1.69. The zero-order valence-electron chi connectivity index (χ0n) is 9.37. The lowest BCUT2D eigenvalue weighted by atomic mass is 10.1. The molecule has 0 radical (unpaired) electrons. The second-order valence-electron chi connectivity index (χ2n) is 3.70. The summed E-state index contributed by atoms with van der Waals surface area (Å²) >= 11 is 13.9. The molecule has 0 amide bonds. The van der Waals surface area contributed by atoms with E-state index >= 15 is 0 Å². The number of halogens is 2. The Labute approximate surface area is 113 Å². The molecule has 3 N–H and O–H groups in total. The topological polar surface area (TPSA) is 55.9 Å². The van der Waals surface area contributed by atoms with Crippen LogP contribution in [0.3, 0.4) is 0 Å². The Kier molecular flexibility index (Phi) is 3.75. The number of thiophene rings is 1. The molecule has 0 fully saturated rings. The van der Waals surface area contributed by atoms with E-state index in [2.05, 4.69) is 10.5 Å². The molecule has 0 saturated heterocycles. The minimum absolute atomic E-state index is 0.249. The van der Waals surface area contributed by atoms with Crippen molar-refractivity contribution >= 4 is 34.5 Å². The highest BCUT2D eigenvalue weighted by atomic mass is 35.5. The second-order valence-corrected chi connectivity index (χ2v) is 5.39. The standard InChI is InChI=1S/C10H12Cl2N4S/c1-5-4-17-10(7(5)12)8(15-13)9-6(11)3-14-16(9)2/h3-4,8,15H,13H2,1-2H3. The van der Waals surface area contributed by atoms with E-state index in [4.69, 9.17) is 29.0 Å². The third-order valence-corrected chi connectivity index (χ3v) is 4.64. The zero-order valence-corrected chi connectivity index (χ0v) is 11.7. The van der Waals surface area contributed by atoms with Gasteiger partial charge in [0.15, 0.2) is 0 Å². The van der Waals surface area contributed by atoms with E-state index in [1.165, 1.54) is 0 Å². The van der Waals surface area contributed by atoms with E-state index in [-0.39, 0.29) is 6.04 Å². The molecular formula is C10H12Cl2N4S. The van der Waals surface area contributed by atoms with Crippen molar-refractivity contribution in [3.8, 4) is 0 Å². The van der Waals surface area contributed by atoms with Crippen molar-refractivity contribution in [3.63, 3.8) is 0 Å². The first-order chi connectivity index (χ1) is 8.06. The van der Waals surface area contributed by atoms with Gasteiger partial charge in [-0.2, -0.15) is 5.10 Å². The van der Waals surface area contributed by atoms with Crippen LogP contribution in [0.1, 0.15) is 22.2 Å². The fourth-order valence-corrected chi connectivity index (χ4v) is 3.31. The van der Waals surface area contributed by atoms with Crippen molar-refractivity contribution in [1.82, 2.24) is 15.2 Å². The molecule has 0 bridgehead atoms. The molecular weight excluding hydrogens is 279 g/mol. The highest BCUT2D eigenvalue weighted by Crippen LogP contribution is 2.37. The molecule has 0 aliphatic carbocycles. The van der Waals surface area contributed by atoms with Crippen molar-refractivity contribution in [1.29, 1.82) is 0 Å². The SMILES string of the molecule is Cc1csc(C(NN)c2c(Cl)cnn2C)c1Cl. The van der Waals surface area contributed by atoms with Gasteiger partial charge >= 0.3 is 0 Å². The van der Waals surface area contributed by atoms with E-state index in [1.807, 2.05) is 19.4 Å². The predicted molar refractivity (Wildman–Crippen MR) is 71.5 cm³/mol. The maximum absolute atomic E-state index is 6.25. The number of nitrogens with zero attached hydrogens (tertiary/aromatic N) is 2. The highest BCUT2D eigenvalue weighted by Gasteiger charge is 2.24. The first-order valence-electron chi connectivity index (χ1n) is 4.93. The lowest BCUT2D eigenvalue weighted by Gasteiger charge is -2.16. The number of nitrogens with one attached hydrogen (secondary N) is 1. The fraction of sp³-hybridized carbons (Fsp3) is 0.300. The molecule has 4 nitrogen and oxygen atoms in total. The summed E-state index contributed by atoms with van der Waals surface area (Å²) in [6.07, 6.45) is 1.59. The van der Waals surface area contributed by atoms with Crippen LogP contribution in [-0.4, -0.2) is 9.78 Å². The number of hydrogen-bond donors (Lipinski definition) is 2. The molecule has 92 valence electrons. The Hall–Kier alpha value is -0.590. The van der Waals surface area contributed by atoms with Crippen molar-refractivity contribution in [2.24, 2.45) is 12.9 Å². The molecule has 0 spiro atoms. The van der Waals surface area contributed by atoms with Gasteiger partial charge in [-0.05, 0) is 17.9 Å². The predicted octanol–water partition coefficient (Wildman–Crippen LogP) is 2.65. The fourth-order valence-electron chi connectivity index (χ4n) is 1.67. The summed E-state index contributed by atoms with van der Waals surface area (Å²) in [5, 5.41) is 7.38. The number of rotatable bonds is 3. The smallest absolute Gasteiger partial charge is 0.1000 e. The first kappa shape index (κ1) is 12.9. The zero-order chi connectivity index (χ0) is 12.6. The van der Waals surface area contributed by atoms with Crippen LogP contribution in [0.25, 0.3) is 0 Å². The summed E-state index contributed by atoms with van der Waals surface area (Å²) in [6.45, 7) is 1.96. The van der Waals surface area contributed by atoms with Crippen LogP contribution in [0.5, 0.6) is 0 Å². The Balaban J connectivity index is 2.51. The van der Waals surface area contributed by atoms with Gasteiger partial charge in [-0.3, -0.25) is 10.5 Å². The lowest BCUT2D eigenvalue weighted by molar-refractivity contribution is 0.582. The van der Waals surface area contributed by atoms with Gasteiger partial charge < -0.3 is 0 Å². The van der Waals surface area contributed by atoms with Crippen LogP contribution in [0.15, 0.2) is 11.6 Å². The normalized spacial score (nSPS) is 13.0. The van der Waals surface area contributed by atoms with Gasteiger partial charge in [0.25, 0.3) is 0 Å². The minimum Gasteiger partial charge on any atom is -0.270 e. The third-order valence-electron chi connectivity index (χ3n) is 2.57. The molecule has 1 unspecified atom stereocenters. The third kappa shape index (κ3) is 2.21. The largest absolute Gasteiger partial charge is 0.270 e.